The van der Waals surface area contributed by atoms with Crippen LogP contribution in [0, 0.1) is 0 Å². The van der Waals surface area contributed by atoms with Crippen molar-refractivity contribution in [3.05, 3.63) is 76.9 Å². The third-order valence-electron chi connectivity index (χ3n) is 3.89. The Morgan fingerprint density at radius 1 is 0.857 bits per heavy atom. The second-order valence-corrected chi connectivity index (χ2v) is 6.34. The Labute approximate surface area is 166 Å². The summed E-state index contributed by atoms with van der Waals surface area (Å²) in [5.74, 6) is -1.27. The van der Waals surface area contributed by atoms with Gasteiger partial charge in [-0.15, -0.1) is 0 Å². The zero-order chi connectivity index (χ0) is 19.9. The van der Waals surface area contributed by atoms with Crippen molar-refractivity contribution < 1.29 is 14.4 Å². The number of hydrogen-bond acceptors (Lipinski definition) is 4. The Kier molecular flexibility index (Phi) is 6.18. The number of halogens is 1. The maximum absolute atomic E-state index is 12.1. The van der Waals surface area contributed by atoms with Crippen molar-refractivity contribution >= 4 is 40.2 Å². The highest BCUT2D eigenvalue weighted by Gasteiger charge is 2.10. The number of nitrogens with zero attached hydrogens (tertiary/aromatic N) is 1. The fraction of sp³-hybridized carbons (Fsp3) is 0.100. The maximum Gasteiger partial charge on any atom is 0.288 e. The van der Waals surface area contributed by atoms with Crippen LogP contribution in [-0.4, -0.2) is 29.3 Å². The zero-order valence-electron chi connectivity index (χ0n) is 14.7. The van der Waals surface area contributed by atoms with Crippen molar-refractivity contribution in [2.75, 3.05) is 6.54 Å². The molecule has 0 aliphatic carbocycles. The van der Waals surface area contributed by atoms with Crippen molar-refractivity contribution in [2.24, 2.45) is 0 Å². The van der Waals surface area contributed by atoms with Crippen LogP contribution in [0.5, 0.6) is 0 Å². The van der Waals surface area contributed by atoms with E-state index in [1.54, 1.807) is 42.5 Å². The van der Waals surface area contributed by atoms with Crippen molar-refractivity contribution in [3.8, 4) is 0 Å². The average molecular weight is 397 g/mol. The van der Waals surface area contributed by atoms with Crippen LogP contribution in [0.4, 0.5) is 0 Å². The fourth-order valence-corrected chi connectivity index (χ4v) is 2.56. The van der Waals surface area contributed by atoms with Gasteiger partial charge in [0.05, 0.1) is 5.52 Å². The first-order valence-electron chi connectivity index (χ1n) is 8.52. The molecule has 0 saturated heterocycles. The van der Waals surface area contributed by atoms with E-state index in [0.717, 1.165) is 5.39 Å². The van der Waals surface area contributed by atoms with Crippen LogP contribution in [0.1, 0.15) is 27.3 Å². The summed E-state index contributed by atoms with van der Waals surface area (Å²) < 4.78 is 0. The molecule has 0 unspecified atom stereocenters. The van der Waals surface area contributed by atoms with Gasteiger partial charge in [-0.3, -0.25) is 25.2 Å². The topological polar surface area (TPSA) is 100 Å². The summed E-state index contributed by atoms with van der Waals surface area (Å²) in [7, 11) is 0. The minimum atomic E-state index is -0.524. The molecule has 1 aromatic heterocycles. The smallest absolute Gasteiger partial charge is 0.288 e. The Hall–Kier alpha value is -3.45. The van der Waals surface area contributed by atoms with Crippen LogP contribution in [0.25, 0.3) is 10.9 Å². The van der Waals surface area contributed by atoms with E-state index in [1.165, 1.54) is 0 Å². The Balaban J connectivity index is 1.43. The molecule has 142 valence electrons. The normalized spacial score (nSPS) is 10.3. The highest BCUT2D eigenvalue weighted by atomic mass is 35.5. The number of benzene rings is 2. The number of carbonyl (C=O) groups is 3. The predicted octanol–water partition coefficient (Wildman–Crippen LogP) is 2.47. The van der Waals surface area contributed by atoms with E-state index in [-0.39, 0.29) is 24.6 Å². The fourth-order valence-electron chi connectivity index (χ4n) is 2.44. The van der Waals surface area contributed by atoms with Crippen molar-refractivity contribution in [3.63, 3.8) is 0 Å². The molecule has 3 amide bonds. The number of rotatable bonds is 5. The largest absolute Gasteiger partial charge is 0.352 e. The lowest BCUT2D eigenvalue weighted by molar-refractivity contribution is -0.121. The average Bonchev–Trinajstić information content (AvgIpc) is 2.72. The van der Waals surface area contributed by atoms with Crippen LogP contribution >= 0.6 is 11.6 Å². The van der Waals surface area contributed by atoms with E-state index < -0.39 is 11.8 Å². The molecule has 0 aliphatic heterocycles. The van der Waals surface area contributed by atoms with Crippen LogP contribution in [0.15, 0.2) is 60.7 Å². The molecule has 28 heavy (non-hydrogen) atoms. The first-order valence-corrected chi connectivity index (χ1v) is 8.89. The van der Waals surface area contributed by atoms with Gasteiger partial charge in [0.1, 0.15) is 5.69 Å². The van der Waals surface area contributed by atoms with Gasteiger partial charge in [0.15, 0.2) is 0 Å². The van der Waals surface area contributed by atoms with Gasteiger partial charge in [-0.25, -0.2) is 4.98 Å². The number of aromatic nitrogens is 1. The molecule has 0 radical (unpaired) electrons. The third kappa shape index (κ3) is 5.05. The van der Waals surface area contributed by atoms with Crippen LogP contribution in [-0.2, 0) is 4.79 Å². The predicted molar refractivity (Wildman–Crippen MR) is 106 cm³/mol. The Morgan fingerprint density at radius 2 is 1.61 bits per heavy atom. The molecule has 3 rings (SSSR count). The van der Waals surface area contributed by atoms with Crippen LogP contribution in [0.2, 0.25) is 5.02 Å². The molecular formula is C20H17ClN4O3. The summed E-state index contributed by atoms with van der Waals surface area (Å²) in [5.41, 5.74) is 5.94. The zero-order valence-corrected chi connectivity index (χ0v) is 15.5. The number of carbonyl (C=O) groups excluding carboxylic acids is 3. The van der Waals surface area contributed by atoms with E-state index in [9.17, 15) is 14.4 Å². The Bertz CT molecular complexity index is 1020. The molecule has 7 nitrogen and oxygen atoms in total. The minimum Gasteiger partial charge on any atom is -0.352 e. The molecule has 0 aliphatic rings. The molecule has 8 heteroatoms. The second-order valence-electron chi connectivity index (χ2n) is 5.90. The molecule has 2 aromatic carbocycles. The minimum absolute atomic E-state index is 0.00472. The highest BCUT2D eigenvalue weighted by molar-refractivity contribution is 6.30. The maximum atomic E-state index is 12.1. The first kappa shape index (κ1) is 19.3. The Morgan fingerprint density at radius 3 is 2.39 bits per heavy atom. The van der Waals surface area contributed by atoms with Gasteiger partial charge in [0.25, 0.3) is 11.8 Å². The van der Waals surface area contributed by atoms with E-state index >= 15 is 0 Å². The molecule has 0 spiro atoms. The number of hydrogen-bond donors (Lipinski definition) is 3. The summed E-state index contributed by atoms with van der Waals surface area (Å²) in [6, 6.07) is 17.2. The van der Waals surface area contributed by atoms with Crippen molar-refractivity contribution in [1.82, 2.24) is 21.2 Å². The van der Waals surface area contributed by atoms with Gasteiger partial charge in [-0.2, -0.15) is 0 Å². The molecule has 3 N–H and O–H groups in total. The molecule has 0 atom stereocenters. The number of amides is 3. The van der Waals surface area contributed by atoms with E-state index in [0.29, 0.717) is 16.1 Å². The molecule has 0 saturated carbocycles. The number of pyridine rings is 1. The van der Waals surface area contributed by atoms with Crippen molar-refractivity contribution in [2.45, 2.75) is 6.42 Å². The van der Waals surface area contributed by atoms with Gasteiger partial charge in [-0.1, -0.05) is 35.9 Å². The summed E-state index contributed by atoms with van der Waals surface area (Å²) in [5, 5.41) is 4.07. The molecule has 1 heterocycles. The highest BCUT2D eigenvalue weighted by Crippen LogP contribution is 2.11. The first-order chi connectivity index (χ1) is 13.5. The molecule has 3 aromatic rings. The summed E-state index contributed by atoms with van der Waals surface area (Å²) in [4.78, 5) is 40.1. The van der Waals surface area contributed by atoms with Crippen LogP contribution < -0.4 is 16.2 Å². The van der Waals surface area contributed by atoms with Gasteiger partial charge < -0.3 is 5.32 Å². The molecule has 0 fully saturated rings. The van der Waals surface area contributed by atoms with E-state index in [2.05, 4.69) is 21.2 Å². The second kappa shape index (κ2) is 8.96. The lowest BCUT2D eigenvalue weighted by Crippen LogP contribution is -2.43. The summed E-state index contributed by atoms with van der Waals surface area (Å²) >= 11 is 5.77. The quantitative estimate of drug-likeness (QED) is 0.577. The summed E-state index contributed by atoms with van der Waals surface area (Å²) in [6.07, 6.45) is 0.00472. The number of fused-ring (bicyclic) bond motifs is 1. The number of hydrazine groups is 1. The summed E-state index contributed by atoms with van der Waals surface area (Å²) in [6.45, 7) is 0.122. The van der Waals surface area contributed by atoms with Gasteiger partial charge in [0.2, 0.25) is 5.91 Å². The molecular weight excluding hydrogens is 380 g/mol. The molecule has 0 bridgehead atoms. The number of nitrogens with one attached hydrogen (secondary N) is 3. The van der Waals surface area contributed by atoms with E-state index in [4.69, 9.17) is 11.6 Å². The van der Waals surface area contributed by atoms with Gasteiger partial charge in [0, 0.05) is 28.9 Å². The van der Waals surface area contributed by atoms with Gasteiger partial charge in [-0.05, 0) is 36.4 Å². The lowest BCUT2D eigenvalue weighted by atomic mass is 10.2. The van der Waals surface area contributed by atoms with Gasteiger partial charge >= 0.3 is 0 Å². The third-order valence-corrected chi connectivity index (χ3v) is 4.14. The van der Waals surface area contributed by atoms with Crippen LogP contribution in [0.3, 0.4) is 0 Å². The van der Waals surface area contributed by atoms with E-state index in [1.807, 2.05) is 18.2 Å². The lowest BCUT2D eigenvalue weighted by Gasteiger charge is -2.08. The standard InChI is InChI=1S/C20H17ClN4O3/c21-15-8-5-14(6-9-15)19(27)22-12-11-18(26)24-25-20(28)17-10-7-13-3-1-2-4-16(13)23-17/h1-10H,11-12H2,(H,22,27)(H,24,26)(H,25,28). The number of para-hydroxylation sites is 1. The van der Waals surface area contributed by atoms with Crippen molar-refractivity contribution in [1.29, 1.82) is 0 Å². The monoisotopic (exact) mass is 396 g/mol. The SMILES string of the molecule is O=C(CCNC(=O)c1ccc(Cl)cc1)NNC(=O)c1ccc2ccccc2n1.